The minimum Gasteiger partial charge on any atom is -0.487 e. The van der Waals surface area contributed by atoms with Crippen LogP contribution >= 0.6 is 10.7 Å². The summed E-state index contributed by atoms with van der Waals surface area (Å²) in [4.78, 5) is 0. The van der Waals surface area contributed by atoms with Gasteiger partial charge in [0.25, 0.3) is 0 Å². The third-order valence-corrected chi connectivity index (χ3v) is 3.47. The van der Waals surface area contributed by atoms with Gasteiger partial charge in [0.05, 0.1) is 5.75 Å². The Bertz CT molecular complexity index is 520. The Labute approximate surface area is 99.8 Å². The van der Waals surface area contributed by atoms with E-state index in [-0.39, 0.29) is 11.4 Å². The fourth-order valence-corrected chi connectivity index (χ4v) is 2.91. The van der Waals surface area contributed by atoms with E-state index in [1.54, 1.807) is 6.07 Å². The summed E-state index contributed by atoms with van der Waals surface area (Å²) in [5.74, 6) is 0.697. The van der Waals surface area contributed by atoms with Crippen LogP contribution in [0.3, 0.4) is 0 Å². The molecule has 0 saturated heterocycles. The van der Waals surface area contributed by atoms with Gasteiger partial charge in [0, 0.05) is 17.1 Å². The van der Waals surface area contributed by atoms with Crippen LogP contribution in [0.15, 0.2) is 18.2 Å². The average Bonchev–Trinajstić information content (AvgIpc) is 2.34. The van der Waals surface area contributed by atoms with Crippen LogP contribution in [-0.2, 0) is 21.2 Å². The molecular weight excluding hydrogens is 248 g/mol. The van der Waals surface area contributed by atoms with Crippen molar-refractivity contribution in [1.82, 2.24) is 0 Å². The van der Waals surface area contributed by atoms with E-state index in [0.29, 0.717) is 5.56 Å². The van der Waals surface area contributed by atoms with E-state index in [9.17, 15) is 8.42 Å². The summed E-state index contributed by atoms with van der Waals surface area (Å²) >= 11 is 0. The summed E-state index contributed by atoms with van der Waals surface area (Å²) < 4.78 is 27.6. The predicted octanol–water partition coefficient (Wildman–Crippen LogP) is 2.47. The maximum Gasteiger partial charge on any atom is 0.236 e. The molecule has 0 bridgehead atoms. The first-order chi connectivity index (χ1) is 7.25. The molecule has 0 atom stereocenters. The largest absolute Gasteiger partial charge is 0.487 e. The molecule has 88 valence electrons. The van der Waals surface area contributed by atoms with Crippen molar-refractivity contribution in [2.45, 2.75) is 31.6 Å². The van der Waals surface area contributed by atoms with Gasteiger partial charge in [-0.05, 0) is 31.0 Å². The van der Waals surface area contributed by atoms with Crippen LogP contribution in [0.2, 0.25) is 0 Å². The van der Waals surface area contributed by atoms with Gasteiger partial charge in [0.2, 0.25) is 9.05 Å². The number of hydrogen-bond donors (Lipinski definition) is 0. The minimum absolute atomic E-state index is 0.137. The van der Waals surface area contributed by atoms with E-state index in [4.69, 9.17) is 15.4 Å². The van der Waals surface area contributed by atoms with E-state index in [2.05, 4.69) is 0 Å². The molecule has 0 aliphatic carbocycles. The van der Waals surface area contributed by atoms with Crippen LogP contribution < -0.4 is 4.74 Å². The lowest BCUT2D eigenvalue weighted by molar-refractivity contribution is 0.138. The SMILES string of the molecule is CC1(C)Cc2cc(CS(=O)(=O)Cl)ccc2O1. The molecule has 0 saturated carbocycles. The summed E-state index contributed by atoms with van der Waals surface area (Å²) in [6, 6.07) is 5.39. The van der Waals surface area contributed by atoms with E-state index in [0.717, 1.165) is 17.7 Å². The number of benzene rings is 1. The van der Waals surface area contributed by atoms with Crippen molar-refractivity contribution in [2.75, 3.05) is 0 Å². The van der Waals surface area contributed by atoms with Gasteiger partial charge < -0.3 is 4.74 Å². The van der Waals surface area contributed by atoms with Crippen molar-refractivity contribution >= 4 is 19.7 Å². The number of halogens is 1. The molecule has 0 radical (unpaired) electrons. The van der Waals surface area contributed by atoms with Gasteiger partial charge in [-0.1, -0.05) is 12.1 Å². The fourth-order valence-electron chi connectivity index (χ4n) is 1.95. The standard InChI is InChI=1S/C11H13ClO3S/c1-11(2)6-9-5-8(7-16(12,13)14)3-4-10(9)15-11/h3-5H,6-7H2,1-2H3. The molecule has 2 rings (SSSR count). The Hall–Kier alpha value is -0.740. The van der Waals surface area contributed by atoms with Crippen LogP contribution in [-0.4, -0.2) is 14.0 Å². The normalized spacial score (nSPS) is 17.9. The Morgan fingerprint density at radius 2 is 2.12 bits per heavy atom. The highest BCUT2D eigenvalue weighted by atomic mass is 35.7. The van der Waals surface area contributed by atoms with Gasteiger partial charge in [-0.15, -0.1) is 0 Å². The second kappa shape index (κ2) is 3.64. The van der Waals surface area contributed by atoms with Crippen LogP contribution in [0.4, 0.5) is 0 Å². The number of rotatable bonds is 2. The summed E-state index contributed by atoms with van der Waals surface area (Å²) in [7, 11) is 1.72. The van der Waals surface area contributed by atoms with Crippen molar-refractivity contribution in [3.63, 3.8) is 0 Å². The molecule has 1 heterocycles. The summed E-state index contributed by atoms with van der Waals surface area (Å²) in [5.41, 5.74) is 1.54. The molecule has 1 aromatic carbocycles. The second-order valence-corrected chi connectivity index (χ2v) is 7.44. The average molecular weight is 261 g/mol. The lowest BCUT2D eigenvalue weighted by Gasteiger charge is -2.16. The molecule has 0 unspecified atom stereocenters. The maximum absolute atomic E-state index is 11.0. The molecule has 0 amide bonds. The molecule has 1 aliphatic heterocycles. The highest BCUT2D eigenvalue weighted by Crippen LogP contribution is 2.35. The first kappa shape index (κ1) is 11.7. The highest BCUT2D eigenvalue weighted by molar-refractivity contribution is 8.13. The van der Waals surface area contributed by atoms with Gasteiger partial charge in [0.1, 0.15) is 11.4 Å². The Kier molecular flexibility index (Phi) is 2.67. The molecule has 0 fully saturated rings. The fraction of sp³-hybridized carbons (Fsp3) is 0.455. The van der Waals surface area contributed by atoms with E-state index in [1.807, 2.05) is 26.0 Å². The van der Waals surface area contributed by atoms with Crippen molar-refractivity contribution < 1.29 is 13.2 Å². The highest BCUT2D eigenvalue weighted by Gasteiger charge is 2.30. The topological polar surface area (TPSA) is 43.4 Å². The first-order valence-corrected chi connectivity index (χ1v) is 7.46. The number of fused-ring (bicyclic) bond motifs is 1. The van der Waals surface area contributed by atoms with Crippen LogP contribution in [0.5, 0.6) is 5.75 Å². The lowest BCUT2D eigenvalue weighted by Crippen LogP contribution is -2.24. The smallest absolute Gasteiger partial charge is 0.236 e. The van der Waals surface area contributed by atoms with Crippen molar-refractivity contribution in [1.29, 1.82) is 0 Å². The minimum atomic E-state index is -3.49. The molecule has 3 nitrogen and oxygen atoms in total. The van der Waals surface area contributed by atoms with Crippen LogP contribution in [0.25, 0.3) is 0 Å². The van der Waals surface area contributed by atoms with Crippen molar-refractivity contribution in [3.05, 3.63) is 29.3 Å². The van der Waals surface area contributed by atoms with E-state index < -0.39 is 9.05 Å². The summed E-state index contributed by atoms with van der Waals surface area (Å²) in [5, 5.41) is 0. The quantitative estimate of drug-likeness (QED) is 0.768. The van der Waals surface area contributed by atoms with E-state index >= 15 is 0 Å². The zero-order chi connectivity index (χ0) is 12.0. The summed E-state index contributed by atoms with van der Waals surface area (Å²) in [6.45, 7) is 4.01. The second-order valence-electron chi connectivity index (χ2n) is 4.66. The number of ether oxygens (including phenoxy) is 1. The molecule has 1 aromatic rings. The van der Waals surface area contributed by atoms with Crippen molar-refractivity contribution in [3.8, 4) is 5.75 Å². The molecule has 0 spiro atoms. The Morgan fingerprint density at radius 1 is 1.44 bits per heavy atom. The maximum atomic E-state index is 11.0. The van der Waals surface area contributed by atoms with Crippen LogP contribution in [0, 0.1) is 0 Å². The Balaban J connectivity index is 2.30. The molecule has 1 aliphatic rings. The van der Waals surface area contributed by atoms with Crippen molar-refractivity contribution in [2.24, 2.45) is 0 Å². The van der Waals surface area contributed by atoms with Gasteiger partial charge in [-0.25, -0.2) is 8.42 Å². The molecule has 16 heavy (non-hydrogen) atoms. The van der Waals surface area contributed by atoms with Gasteiger partial charge in [-0.2, -0.15) is 0 Å². The van der Waals surface area contributed by atoms with Gasteiger partial charge in [-0.3, -0.25) is 0 Å². The third kappa shape index (κ3) is 2.68. The molecule has 0 aromatic heterocycles. The molecule has 0 N–H and O–H groups in total. The zero-order valence-electron chi connectivity index (χ0n) is 9.16. The first-order valence-electron chi connectivity index (χ1n) is 4.98. The zero-order valence-corrected chi connectivity index (χ0v) is 10.7. The van der Waals surface area contributed by atoms with Gasteiger partial charge >= 0.3 is 0 Å². The third-order valence-electron chi connectivity index (χ3n) is 2.47. The monoisotopic (exact) mass is 260 g/mol. The number of hydrogen-bond acceptors (Lipinski definition) is 3. The lowest BCUT2D eigenvalue weighted by atomic mass is 10.0. The van der Waals surface area contributed by atoms with Gasteiger partial charge in [0.15, 0.2) is 0 Å². The predicted molar refractivity (Wildman–Crippen MR) is 63.3 cm³/mol. The molecule has 5 heteroatoms. The van der Waals surface area contributed by atoms with E-state index in [1.165, 1.54) is 0 Å². The summed E-state index contributed by atoms with van der Waals surface area (Å²) in [6.07, 6.45) is 0.790. The van der Waals surface area contributed by atoms with Crippen LogP contribution in [0.1, 0.15) is 25.0 Å². The Morgan fingerprint density at radius 3 is 2.75 bits per heavy atom. The molecular formula is C11H13ClO3S.